The molecule has 7 nitrogen and oxygen atoms in total. The van der Waals surface area contributed by atoms with Crippen molar-refractivity contribution in [2.45, 2.75) is 31.7 Å². The summed E-state index contributed by atoms with van der Waals surface area (Å²) < 4.78 is 31.6. The van der Waals surface area contributed by atoms with Crippen LogP contribution in [0.15, 0.2) is 41.3 Å². The first-order valence-corrected chi connectivity index (χ1v) is 9.79. The molecule has 26 heavy (non-hydrogen) atoms. The molecule has 0 radical (unpaired) electrons. The van der Waals surface area contributed by atoms with Crippen LogP contribution in [0.4, 0.5) is 0 Å². The van der Waals surface area contributed by atoms with E-state index < -0.39 is 28.6 Å². The minimum absolute atomic E-state index is 0.0313. The molecule has 0 heterocycles. The number of nitrogens with zero attached hydrogens (tertiary/aromatic N) is 1. The van der Waals surface area contributed by atoms with Crippen molar-refractivity contribution < 1.29 is 22.7 Å². The highest BCUT2D eigenvalue weighted by atomic mass is 35.5. The van der Waals surface area contributed by atoms with E-state index in [-0.39, 0.29) is 10.8 Å². The van der Waals surface area contributed by atoms with Gasteiger partial charge in [0.2, 0.25) is 10.0 Å². The van der Waals surface area contributed by atoms with Gasteiger partial charge in [-0.05, 0) is 45.0 Å². The predicted molar refractivity (Wildman–Crippen MR) is 99.3 cm³/mol. The minimum atomic E-state index is -3.91. The average Bonchev–Trinajstić information content (AvgIpc) is 2.56. The Morgan fingerprint density at radius 3 is 2.38 bits per heavy atom. The zero-order valence-electron chi connectivity index (χ0n) is 15.0. The van der Waals surface area contributed by atoms with Crippen LogP contribution in [-0.4, -0.2) is 50.9 Å². The van der Waals surface area contributed by atoms with Crippen molar-refractivity contribution in [1.82, 2.24) is 9.62 Å². The number of benzene rings is 1. The number of amides is 1. The molecule has 1 aromatic rings. The van der Waals surface area contributed by atoms with E-state index in [0.29, 0.717) is 18.1 Å². The lowest BCUT2D eigenvalue weighted by Crippen LogP contribution is -2.41. The second-order valence-corrected chi connectivity index (χ2v) is 7.92. The van der Waals surface area contributed by atoms with Crippen molar-refractivity contribution in [1.29, 1.82) is 0 Å². The van der Waals surface area contributed by atoms with Crippen molar-refractivity contribution in [3.8, 4) is 0 Å². The van der Waals surface area contributed by atoms with Gasteiger partial charge in [0, 0.05) is 18.1 Å². The van der Waals surface area contributed by atoms with Gasteiger partial charge in [0.1, 0.15) is 6.04 Å². The second-order valence-electron chi connectivity index (χ2n) is 5.77. The van der Waals surface area contributed by atoms with Crippen LogP contribution in [0.3, 0.4) is 0 Å². The Kier molecular flexibility index (Phi) is 8.26. The van der Waals surface area contributed by atoms with E-state index in [1.807, 2.05) is 0 Å². The number of carbonyl (C=O) groups excluding carboxylic acids is 2. The Bertz CT molecular complexity index is 762. The van der Waals surface area contributed by atoms with Crippen molar-refractivity contribution in [3.63, 3.8) is 0 Å². The summed E-state index contributed by atoms with van der Waals surface area (Å²) in [4.78, 5) is 25.5. The lowest BCUT2D eigenvalue weighted by molar-refractivity contribution is -0.152. The summed E-state index contributed by atoms with van der Waals surface area (Å²) >= 11 is 5.73. The normalized spacial score (nSPS) is 12.3. The Hall–Kier alpha value is -1.90. The monoisotopic (exact) mass is 402 g/mol. The van der Waals surface area contributed by atoms with E-state index in [9.17, 15) is 18.0 Å². The topological polar surface area (TPSA) is 92.8 Å². The summed E-state index contributed by atoms with van der Waals surface area (Å²) in [5, 5.41) is 0.394. The number of hydrogen-bond donors (Lipinski definition) is 1. The number of sulfonamides is 1. The van der Waals surface area contributed by atoms with E-state index in [4.69, 9.17) is 16.3 Å². The lowest BCUT2D eigenvalue weighted by atomic mass is 10.3. The van der Waals surface area contributed by atoms with Crippen LogP contribution in [0.25, 0.3) is 0 Å². The minimum Gasteiger partial charge on any atom is -0.454 e. The van der Waals surface area contributed by atoms with E-state index in [2.05, 4.69) is 11.3 Å². The van der Waals surface area contributed by atoms with Crippen molar-refractivity contribution in [2.75, 3.05) is 19.7 Å². The molecule has 1 amide bonds. The van der Waals surface area contributed by atoms with Crippen LogP contribution >= 0.6 is 11.6 Å². The molecular weight excluding hydrogens is 380 g/mol. The Morgan fingerprint density at radius 1 is 1.31 bits per heavy atom. The molecule has 0 aliphatic heterocycles. The summed E-state index contributed by atoms with van der Waals surface area (Å²) in [7, 11) is -3.91. The highest BCUT2D eigenvalue weighted by Crippen LogP contribution is 2.14. The largest absolute Gasteiger partial charge is 0.454 e. The van der Waals surface area contributed by atoms with Gasteiger partial charge in [0.05, 0.1) is 4.90 Å². The molecular formula is C17H23ClN2O5S. The Labute approximate surface area is 159 Å². The Morgan fingerprint density at radius 2 is 1.88 bits per heavy atom. The molecule has 0 saturated heterocycles. The number of ether oxygens (including phenoxy) is 1. The van der Waals surface area contributed by atoms with E-state index in [1.165, 1.54) is 36.1 Å². The number of likely N-dealkylation sites (N-methyl/N-ethyl adjacent to an activating group) is 1. The molecule has 0 saturated carbocycles. The van der Waals surface area contributed by atoms with Gasteiger partial charge < -0.3 is 9.64 Å². The molecule has 1 aromatic carbocycles. The van der Waals surface area contributed by atoms with Gasteiger partial charge in [-0.15, -0.1) is 0 Å². The van der Waals surface area contributed by atoms with E-state index in [1.54, 1.807) is 13.8 Å². The van der Waals surface area contributed by atoms with Gasteiger partial charge in [-0.2, -0.15) is 4.72 Å². The number of esters is 1. The van der Waals surface area contributed by atoms with Crippen LogP contribution in [0, 0.1) is 0 Å². The lowest BCUT2D eigenvalue weighted by Gasteiger charge is -2.21. The molecule has 9 heteroatoms. The molecule has 0 aromatic heterocycles. The fraction of sp³-hybridized carbons (Fsp3) is 0.412. The molecule has 0 spiro atoms. The number of hydrogen-bond acceptors (Lipinski definition) is 5. The predicted octanol–water partition coefficient (Wildman–Crippen LogP) is 1.97. The van der Waals surface area contributed by atoms with Gasteiger partial charge in [-0.3, -0.25) is 9.59 Å². The molecule has 1 atom stereocenters. The third kappa shape index (κ3) is 6.78. The van der Waals surface area contributed by atoms with Crippen molar-refractivity contribution in [3.05, 3.63) is 41.4 Å². The zero-order valence-corrected chi connectivity index (χ0v) is 16.6. The average molecular weight is 403 g/mol. The summed E-state index contributed by atoms with van der Waals surface area (Å²) in [6, 6.07) is 4.35. The summed E-state index contributed by atoms with van der Waals surface area (Å²) in [5.41, 5.74) is 0.801. The number of nitrogens with one attached hydrogen (secondary N) is 1. The zero-order chi connectivity index (χ0) is 19.9. The third-order valence-electron chi connectivity index (χ3n) is 3.34. The van der Waals surface area contributed by atoms with Crippen molar-refractivity contribution in [2.24, 2.45) is 0 Å². The fourth-order valence-corrected chi connectivity index (χ4v) is 3.33. The first-order valence-electron chi connectivity index (χ1n) is 7.93. The first kappa shape index (κ1) is 22.1. The van der Waals surface area contributed by atoms with Gasteiger partial charge in [0.15, 0.2) is 6.61 Å². The molecule has 0 bridgehead atoms. The molecule has 144 valence electrons. The molecule has 1 rings (SSSR count). The highest BCUT2D eigenvalue weighted by Gasteiger charge is 2.24. The molecule has 1 N–H and O–H groups in total. The SMILES string of the molecule is C=C(C)CN(CC)C(=O)COC(=O)C(C)NS(=O)(=O)c1ccc(Cl)cc1. The van der Waals surface area contributed by atoms with Gasteiger partial charge in [0.25, 0.3) is 5.91 Å². The Balaban J connectivity index is 2.63. The fourth-order valence-electron chi connectivity index (χ4n) is 2.01. The van der Waals surface area contributed by atoms with Crippen molar-refractivity contribution >= 4 is 33.5 Å². The smallest absolute Gasteiger partial charge is 0.324 e. The summed E-state index contributed by atoms with van der Waals surface area (Å²) in [6.45, 7) is 9.01. The van der Waals surface area contributed by atoms with E-state index >= 15 is 0 Å². The maximum absolute atomic E-state index is 12.2. The quantitative estimate of drug-likeness (QED) is 0.503. The van der Waals surface area contributed by atoms with Crippen LogP contribution in [-0.2, 0) is 24.3 Å². The van der Waals surface area contributed by atoms with Crippen LogP contribution in [0.5, 0.6) is 0 Å². The molecule has 0 fully saturated rings. The van der Waals surface area contributed by atoms with Gasteiger partial charge in [-0.1, -0.05) is 23.8 Å². The van der Waals surface area contributed by atoms with Crippen LogP contribution in [0.2, 0.25) is 5.02 Å². The highest BCUT2D eigenvalue weighted by molar-refractivity contribution is 7.89. The van der Waals surface area contributed by atoms with E-state index in [0.717, 1.165) is 5.57 Å². The van der Waals surface area contributed by atoms with Gasteiger partial charge in [-0.25, -0.2) is 8.42 Å². The second kappa shape index (κ2) is 9.70. The molecule has 0 aliphatic rings. The third-order valence-corrected chi connectivity index (χ3v) is 5.15. The summed E-state index contributed by atoms with van der Waals surface area (Å²) in [6.07, 6.45) is 0. The summed E-state index contributed by atoms with van der Waals surface area (Å²) in [5.74, 6) is -1.22. The number of carbonyl (C=O) groups is 2. The molecule has 1 unspecified atom stereocenters. The number of halogens is 1. The number of rotatable bonds is 9. The van der Waals surface area contributed by atoms with Gasteiger partial charge >= 0.3 is 5.97 Å². The van der Waals surface area contributed by atoms with Crippen LogP contribution < -0.4 is 4.72 Å². The molecule has 0 aliphatic carbocycles. The first-order chi connectivity index (χ1) is 12.1. The maximum atomic E-state index is 12.2. The standard InChI is InChI=1S/C17H23ClN2O5S/c1-5-20(10-12(2)3)16(21)11-25-17(22)13(4)19-26(23,24)15-8-6-14(18)7-9-15/h6-9,13,19H,2,5,10-11H2,1,3-4H3. The van der Waals surface area contributed by atoms with Crippen LogP contribution in [0.1, 0.15) is 20.8 Å². The maximum Gasteiger partial charge on any atom is 0.324 e.